The Morgan fingerprint density at radius 2 is 2.15 bits per heavy atom. The topological polar surface area (TPSA) is 87.0 Å². The summed E-state index contributed by atoms with van der Waals surface area (Å²) in [4.78, 5) is 10.5. The molecule has 0 aliphatic carbocycles. The second-order valence-corrected chi connectivity index (χ2v) is 2.48. The number of hydrogen-bond acceptors (Lipinski definition) is 4. The summed E-state index contributed by atoms with van der Waals surface area (Å²) in [6.07, 6.45) is 0. The van der Waals surface area contributed by atoms with Crippen molar-refractivity contribution in [2.75, 3.05) is 0 Å². The highest BCUT2D eigenvalue weighted by Crippen LogP contribution is 2.29. The van der Waals surface area contributed by atoms with Crippen LogP contribution < -0.4 is 0 Å². The lowest BCUT2D eigenvalue weighted by atomic mass is 10.2. The van der Waals surface area contributed by atoms with Crippen LogP contribution in [0.15, 0.2) is 22.6 Å². The minimum Gasteiger partial charge on any atom is -0.505 e. The van der Waals surface area contributed by atoms with Gasteiger partial charge in [-0.2, -0.15) is 8.57 Å². The predicted octanol–water partition coefficient (Wildman–Crippen LogP) is 1.12. The first-order chi connectivity index (χ1) is 6.16. The number of hydrogen-bond donors (Lipinski definition) is 2. The van der Waals surface area contributed by atoms with Gasteiger partial charge in [-0.15, -0.1) is 0 Å². The fraction of sp³-hybridized carbons (Fsp3) is 0. The summed E-state index contributed by atoms with van der Waals surface area (Å²) in [6.45, 7) is 0. The smallest absolute Gasteiger partial charge is 0.339 e. The molecule has 0 fully saturated rings. The Bertz CT molecular complexity index is 377. The lowest BCUT2D eigenvalue weighted by Gasteiger charge is -1.99. The quantitative estimate of drug-likeness (QED) is 0.747. The molecule has 0 atom stereocenters. The van der Waals surface area contributed by atoms with Crippen LogP contribution in [-0.4, -0.2) is 20.4 Å². The van der Waals surface area contributed by atoms with E-state index in [4.69, 9.17) is 5.11 Å². The molecule has 68 valence electrons. The second-order valence-electron chi connectivity index (χ2n) is 2.14. The highest BCUT2D eigenvalue weighted by Gasteiger charge is 2.11. The van der Waals surface area contributed by atoms with E-state index in [9.17, 15) is 14.1 Å². The molecule has 6 heteroatoms. The van der Waals surface area contributed by atoms with Gasteiger partial charge >= 0.3 is 5.97 Å². The highest BCUT2D eigenvalue weighted by atomic mass is 32.1. The number of phenols is 1. The molecule has 0 bridgehead atoms. The molecule has 0 unspecified atom stereocenters. The fourth-order valence-corrected chi connectivity index (χ4v) is 1.05. The Hall–Kier alpha value is -1.69. The summed E-state index contributed by atoms with van der Waals surface area (Å²) >= 11 is -0.0886. The van der Waals surface area contributed by atoms with Crippen LogP contribution in [0.4, 0.5) is 5.69 Å². The first-order valence-corrected chi connectivity index (χ1v) is 3.92. The van der Waals surface area contributed by atoms with Crippen molar-refractivity contribution in [3.63, 3.8) is 0 Å². The third-order valence-corrected chi connectivity index (χ3v) is 1.65. The Kier molecular flexibility index (Phi) is 2.76. The Morgan fingerprint density at radius 1 is 1.46 bits per heavy atom. The number of carboxylic acid groups (broad SMARTS) is 1. The van der Waals surface area contributed by atoms with Crippen LogP contribution in [0.1, 0.15) is 10.4 Å². The third kappa shape index (κ3) is 1.91. The fourth-order valence-electron chi connectivity index (χ4n) is 0.818. The molecule has 0 saturated carbocycles. The van der Waals surface area contributed by atoms with Gasteiger partial charge in [0.15, 0.2) is 5.75 Å². The summed E-state index contributed by atoms with van der Waals surface area (Å²) in [5.41, 5.74) is -0.296. The number of carbonyl (C=O) groups is 1. The molecule has 13 heavy (non-hydrogen) atoms. The number of aromatic hydroxyl groups is 1. The van der Waals surface area contributed by atoms with E-state index >= 15 is 0 Å². The van der Waals surface area contributed by atoms with Gasteiger partial charge in [-0.3, -0.25) is 0 Å². The van der Waals surface area contributed by atoms with E-state index in [1.165, 1.54) is 18.2 Å². The Morgan fingerprint density at radius 3 is 2.69 bits per heavy atom. The SMILES string of the molecule is O=S=Nc1cccc(C(=O)O)c1O. The lowest BCUT2D eigenvalue weighted by molar-refractivity contribution is 0.0694. The average molecular weight is 199 g/mol. The molecule has 2 N–H and O–H groups in total. The van der Waals surface area contributed by atoms with Crippen molar-refractivity contribution in [2.45, 2.75) is 0 Å². The van der Waals surface area contributed by atoms with Crippen molar-refractivity contribution in [1.29, 1.82) is 0 Å². The maximum absolute atomic E-state index is 10.5. The highest BCUT2D eigenvalue weighted by molar-refractivity contribution is 7.54. The Balaban J connectivity index is 3.34. The summed E-state index contributed by atoms with van der Waals surface area (Å²) in [6, 6.07) is 3.98. The van der Waals surface area contributed by atoms with Gasteiger partial charge in [0.05, 0.1) is 0 Å². The zero-order chi connectivity index (χ0) is 9.84. The summed E-state index contributed by atoms with van der Waals surface area (Å²) < 4.78 is 13.3. The number of rotatable bonds is 2. The van der Waals surface area contributed by atoms with Gasteiger partial charge in [-0.25, -0.2) is 4.79 Å². The van der Waals surface area contributed by atoms with E-state index in [0.717, 1.165) is 0 Å². The van der Waals surface area contributed by atoms with Crippen LogP contribution in [0.25, 0.3) is 0 Å². The number of para-hydroxylation sites is 1. The normalized spacial score (nSPS) is 9.23. The van der Waals surface area contributed by atoms with Gasteiger partial charge in [0.2, 0.25) is 11.5 Å². The summed E-state index contributed by atoms with van der Waals surface area (Å²) in [7, 11) is 0. The molecule has 1 aromatic carbocycles. The van der Waals surface area contributed by atoms with Crippen LogP contribution in [0.3, 0.4) is 0 Å². The maximum atomic E-state index is 10.5. The predicted molar refractivity (Wildman–Crippen MR) is 45.3 cm³/mol. The van der Waals surface area contributed by atoms with Crippen LogP contribution >= 0.6 is 0 Å². The molecule has 1 aromatic rings. The van der Waals surface area contributed by atoms with Crippen LogP contribution in [0.2, 0.25) is 0 Å². The van der Waals surface area contributed by atoms with Crippen molar-refractivity contribution >= 4 is 23.1 Å². The van der Waals surface area contributed by atoms with Crippen LogP contribution in [0.5, 0.6) is 5.75 Å². The van der Waals surface area contributed by atoms with Crippen molar-refractivity contribution in [3.05, 3.63) is 23.8 Å². The van der Waals surface area contributed by atoms with Gasteiger partial charge in [-0.1, -0.05) is 6.07 Å². The third-order valence-electron chi connectivity index (χ3n) is 1.38. The molecule has 0 amide bonds. The largest absolute Gasteiger partial charge is 0.505 e. The number of nitrogens with zero attached hydrogens (tertiary/aromatic N) is 1. The first kappa shape index (κ1) is 9.40. The molecule has 0 aliphatic rings. The maximum Gasteiger partial charge on any atom is 0.339 e. The van der Waals surface area contributed by atoms with Gasteiger partial charge in [0, 0.05) is 0 Å². The van der Waals surface area contributed by atoms with E-state index in [1.807, 2.05) is 0 Å². The molecule has 1 rings (SSSR count). The molecule has 0 spiro atoms. The minimum absolute atomic E-state index is 0.0279. The number of benzene rings is 1. The van der Waals surface area contributed by atoms with Crippen molar-refractivity contribution in [2.24, 2.45) is 4.36 Å². The van der Waals surface area contributed by atoms with Gasteiger partial charge in [0.1, 0.15) is 11.3 Å². The molecule has 5 nitrogen and oxygen atoms in total. The van der Waals surface area contributed by atoms with E-state index in [2.05, 4.69) is 4.36 Å². The summed E-state index contributed by atoms with van der Waals surface area (Å²) in [5, 5.41) is 17.8. The zero-order valence-corrected chi connectivity index (χ0v) is 7.11. The van der Waals surface area contributed by atoms with E-state index in [-0.39, 0.29) is 22.7 Å². The van der Waals surface area contributed by atoms with Gasteiger partial charge < -0.3 is 10.2 Å². The van der Waals surface area contributed by atoms with Crippen molar-refractivity contribution in [1.82, 2.24) is 0 Å². The average Bonchev–Trinajstić information content (AvgIpc) is 2.08. The standard InChI is InChI=1S/C7H5NO4S/c9-6-4(7(10)11)2-1-3-5(6)8-13-12/h1-3,9H,(H,10,11). The Labute approximate surface area is 76.9 Å². The molecular weight excluding hydrogens is 194 g/mol. The number of carboxylic acids is 1. The van der Waals surface area contributed by atoms with E-state index in [1.54, 1.807) is 0 Å². The first-order valence-electron chi connectivity index (χ1n) is 3.22. The van der Waals surface area contributed by atoms with E-state index < -0.39 is 11.7 Å². The van der Waals surface area contributed by atoms with Crippen molar-refractivity contribution < 1.29 is 19.2 Å². The summed E-state index contributed by atoms with van der Waals surface area (Å²) in [5.74, 6) is -1.75. The van der Waals surface area contributed by atoms with Gasteiger partial charge in [-0.05, 0) is 12.1 Å². The number of aromatic carboxylic acids is 1. The molecule has 0 aliphatic heterocycles. The lowest BCUT2D eigenvalue weighted by Crippen LogP contribution is -1.95. The van der Waals surface area contributed by atoms with E-state index in [0.29, 0.717) is 0 Å². The molecule has 0 saturated heterocycles. The molecule has 0 heterocycles. The van der Waals surface area contributed by atoms with Crippen LogP contribution in [0, 0.1) is 0 Å². The van der Waals surface area contributed by atoms with Gasteiger partial charge in [0.25, 0.3) is 0 Å². The molecular formula is C7H5NO4S. The monoisotopic (exact) mass is 199 g/mol. The second kappa shape index (κ2) is 3.81. The zero-order valence-electron chi connectivity index (χ0n) is 6.30. The minimum atomic E-state index is -1.26. The van der Waals surface area contributed by atoms with Crippen molar-refractivity contribution in [3.8, 4) is 5.75 Å². The molecule has 0 aromatic heterocycles. The molecule has 0 radical (unpaired) electrons. The van der Waals surface area contributed by atoms with Crippen LogP contribution in [-0.2, 0) is 11.5 Å².